The van der Waals surface area contributed by atoms with Crippen molar-refractivity contribution in [2.45, 2.75) is 39.2 Å². The molecule has 1 aromatic heterocycles. The van der Waals surface area contributed by atoms with Gasteiger partial charge >= 0.3 is 0 Å². The predicted molar refractivity (Wildman–Crippen MR) is 77.7 cm³/mol. The summed E-state index contributed by atoms with van der Waals surface area (Å²) < 4.78 is 2.12. The molecule has 19 heavy (non-hydrogen) atoms. The van der Waals surface area contributed by atoms with E-state index in [1.807, 2.05) is 6.33 Å². The van der Waals surface area contributed by atoms with E-state index in [0.717, 1.165) is 25.2 Å². The Bertz CT molecular complexity index is 590. The standard InChI is InChI=1S/C16H21N3/c1-16(2,3)15-10-19(11-18-15)14-5-4-12-6-7-17-9-13(12)8-14/h4-5,8,10-11,17H,6-7,9H2,1-3H3. The number of hydrogen-bond donors (Lipinski definition) is 1. The maximum absolute atomic E-state index is 4.52. The van der Waals surface area contributed by atoms with Gasteiger partial charge in [-0.05, 0) is 36.2 Å². The molecule has 2 aromatic rings. The van der Waals surface area contributed by atoms with Crippen LogP contribution in [0.15, 0.2) is 30.7 Å². The summed E-state index contributed by atoms with van der Waals surface area (Å²) in [6, 6.07) is 6.72. The molecule has 0 spiro atoms. The van der Waals surface area contributed by atoms with Crippen LogP contribution in [0.1, 0.15) is 37.6 Å². The van der Waals surface area contributed by atoms with Crippen LogP contribution in [-0.2, 0) is 18.4 Å². The first kappa shape index (κ1) is 12.4. The second kappa shape index (κ2) is 4.49. The summed E-state index contributed by atoms with van der Waals surface area (Å²) >= 11 is 0. The monoisotopic (exact) mass is 255 g/mol. The summed E-state index contributed by atoms with van der Waals surface area (Å²) in [7, 11) is 0. The van der Waals surface area contributed by atoms with Crippen LogP contribution in [0.5, 0.6) is 0 Å². The minimum atomic E-state index is 0.0982. The van der Waals surface area contributed by atoms with Crippen LogP contribution in [0.2, 0.25) is 0 Å². The number of nitrogens with one attached hydrogen (secondary N) is 1. The third kappa shape index (κ3) is 2.43. The van der Waals surface area contributed by atoms with Crippen LogP contribution in [-0.4, -0.2) is 16.1 Å². The Balaban J connectivity index is 1.96. The Morgan fingerprint density at radius 1 is 1.21 bits per heavy atom. The summed E-state index contributed by atoms with van der Waals surface area (Å²) in [5.74, 6) is 0. The van der Waals surface area contributed by atoms with E-state index >= 15 is 0 Å². The second-order valence-electron chi connectivity index (χ2n) is 6.30. The largest absolute Gasteiger partial charge is 0.312 e. The second-order valence-corrected chi connectivity index (χ2v) is 6.30. The first-order chi connectivity index (χ1) is 9.04. The van der Waals surface area contributed by atoms with E-state index in [1.165, 1.54) is 16.8 Å². The molecule has 0 unspecified atom stereocenters. The third-order valence-electron chi connectivity index (χ3n) is 3.73. The lowest BCUT2D eigenvalue weighted by Gasteiger charge is -2.18. The molecular formula is C16H21N3. The zero-order valence-electron chi connectivity index (χ0n) is 11.9. The highest BCUT2D eigenvalue weighted by Crippen LogP contribution is 2.23. The minimum Gasteiger partial charge on any atom is -0.312 e. The quantitative estimate of drug-likeness (QED) is 0.849. The van der Waals surface area contributed by atoms with Gasteiger partial charge in [0.2, 0.25) is 0 Å². The number of benzene rings is 1. The molecule has 1 aliphatic heterocycles. The summed E-state index contributed by atoms with van der Waals surface area (Å²) in [5.41, 5.74) is 5.31. The fourth-order valence-electron chi connectivity index (χ4n) is 2.48. The van der Waals surface area contributed by atoms with E-state index in [0.29, 0.717) is 0 Å². The third-order valence-corrected chi connectivity index (χ3v) is 3.73. The van der Waals surface area contributed by atoms with Crippen LogP contribution in [0.4, 0.5) is 0 Å². The molecule has 0 saturated carbocycles. The number of nitrogens with zero attached hydrogens (tertiary/aromatic N) is 2. The van der Waals surface area contributed by atoms with E-state index in [9.17, 15) is 0 Å². The van der Waals surface area contributed by atoms with Crippen molar-refractivity contribution >= 4 is 0 Å². The average Bonchev–Trinajstić information content (AvgIpc) is 2.87. The van der Waals surface area contributed by atoms with Gasteiger partial charge in [0.05, 0.1) is 12.0 Å². The Labute approximate surface area is 114 Å². The normalized spacial score (nSPS) is 15.3. The molecule has 100 valence electrons. The van der Waals surface area contributed by atoms with Crippen molar-refractivity contribution < 1.29 is 0 Å². The molecular weight excluding hydrogens is 234 g/mol. The van der Waals surface area contributed by atoms with Gasteiger partial charge in [0, 0.05) is 23.8 Å². The number of fused-ring (bicyclic) bond motifs is 1. The molecule has 1 aromatic carbocycles. The molecule has 0 bridgehead atoms. The van der Waals surface area contributed by atoms with Crippen molar-refractivity contribution in [2.24, 2.45) is 0 Å². The van der Waals surface area contributed by atoms with Gasteiger partial charge in [-0.25, -0.2) is 4.98 Å². The summed E-state index contributed by atoms with van der Waals surface area (Å²) in [6.07, 6.45) is 5.18. The lowest BCUT2D eigenvalue weighted by Crippen LogP contribution is -2.23. The van der Waals surface area contributed by atoms with Crippen LogP contribution in [0.25, 0.3) is 5.69 Å². The molecule has 0 aliphatic carbocycles. The molecule has 1 aliphatic rings. The summed E-state index contributed by atoms with van der Waals surface area (Å²) in [4.78, 5) is 4.52. The summed E-state index contributed by atoms with van der Waals surface area (Å²) in [6.45, 7) is 8.64. The molecule has 1 N–H and O–H groups in total. The molecule has 0 radical (unpaired) electrons. The number of rotatable bonds is 1. The van der Waals surface area contributed by atoms with Gasteiger partial charge in [0.25, 0.3) is 0 Å². The van der Waals surface area contributed by atoms with Gasteiger partial charge in [0.1, 0.15) is 0 Å². The van der Waals surface area contributed by atoms with Gasteiger partial charge < -0.3 is 9.88 Å². The molecule has 0 amide bonds. The minimum absolute atomic E-state index is 0.0982. The van der Waals surface area contributed by atoms with Gasteiger partial charge in [-0.2, -0.15) is 0 Å². The van der Waals surface area contributed by atoms with Gasteiger partial charge in [-0.1, -0.05) is 26.8 Å². The molecule has 0 atom stereocenters. The lowest BCUT2D eigenvalue weighted by atomic mass is 9.93. The predicted octanol–water partition coefficient (Wildman–Crippen LogP) is 2.82. The fourth-order valence-corrected chi connectivity index (χ4v) is 2.48. The van der Waals surface area contributed by atoms with Crippen molar-refractivity contribution in [1.82, 2.24) is 14.9 Å². The Morgan fingerprint density at radius 2 is 2.05 bits per heavy atom. The van der Waals surface area contributed by atoms with Gasteiger partial charge in [0.15, 0.2) is 0 Å². The molecule has 0 fully saturated rings. The topological polar surface area (TPSA) is 29.9 Å². The van der Waals surface area contributed by atoms with Crippen molar-refractivity contribution in [2.75, 3.05) is 6.54 Å². The Morgan fingerprint density at radius 3 is 2.79 bits per heavy atom. The zero-order chi connectivity index (χ0) is 13.5. The van der Waals surface area contributed by atoms with Gasteiger partial charge in [-0.15, -0.1) is 0 Å². The molecule has 3 heteroatoms. The van der Waals surface area contributed by atoms with Crippen LogP contribution in [0, 0.1) is 0 Å². The van der Waals surface area contributed by atoms with Crippen LogP contribution in [0.3, 0.4) is 0 Å². The number of aromatic nitrogens is 2. The first-order valence-electron chi connectivity index (χ1n) is 6.91. The van der Waals surface area contributed by atoms with Crippen LogP contribution >= 0.6 is 0 Å². The molecule has 3 rings (SSSR count). The highest BCUT2D eigenvalue weighted by molar-refractivity contribution is 5.42. The number of hydrogen-bond acceptors (Lipinski definition) is 2. The fraction of sp³-hybridized carbons (Fsp3) is 0.438. The Kier molecular flexibility index (Phi) is 2.94. The Hall–Kier alpha value is -1.61. The molecule has 3 nitrogen and oxygen atoms in total. The SMILES string of the molecule is CC(C)(C)c1cn(-c2ccc3c(c2)CNCC3)cn1. The van der Waals surface area contributed by atoms with Crippen LogP contribution < -0.4 is 5.32 Å². The maximum Gasteiger partial charge on any atom is 0.0995 e. The highest BCUT2D eigenvalue weighted by Gasteiger charge is 2.17. The van der Waals surface area contributed by atoms with Crippen molar-refractivity contribution in [1.29, 1.82) is 0 Å². The molecule has 0 saturated heterocycles. The average molecular weight is 255 g/mol. The van der Waals surface area contributed by atoms with E-state index in [-0.39, 0.29) is 5.41 Å². The van der Waals surface area contributed by atoms with E-state index < -0.39 is 0 Å². The van der Waals surface area contributed by atoms with Crippen molar-refractivity contribution in [3.05, 3.63) is 47.5 Å². The van der Waals surface area contributed by atoms with Crippen molar-refractivity contribution in [3.8, 4) is 5.69 Å². The van der Waals surface area contributed by atoms with E-state index in [4.69, 9.17) is 0 Å². The lowest BCUT2D eigenvalue weighted by molar-refractivity contribution is 0.572. The van der Waals surface area contributed by atoms with E-state index in [1.54, 1.807) is 0 Å². The van der Waals surface area contributed by atoms with E-state index in [2.05, 4.69) is 60.0 Å². The van der Waals surface area contributed by atoms with Crippen molar-refractivity contribution in [3.63, 3.8) is 0 Å². The summed E-state index contributed by atoms with van der Waals surface area (Å²) in [5, 5.41) is 3.42. The smallest absolute Gasteiger partial charge is 0.0995 e. The number of imidazole rings is 1. The molecule has 2 heterocycles. The zero-order valence-corrected chi connectivity index (χ0v) is 11.9. The first-order valence-corrected chi connectivity index (χ1v) is 6.91. The van der Waals surface area contributed by atoms with Gasteiger partial charge in [-0.3, -0.25) is 0 Å². The highest BCUT2D eigenvalue weighted by atomic mass is 15.0. The maximum atomic E-state index is 4.52.